The van der Waals surface area contributed by atoms with E-state index in [0.29, 0.717) is 23.1 Å². The molecule has 23 heavy (non-hydrogen) atoms. The van der Waals surface area contributed by atoms with Crippen molar-refractivity contribution in [2.45, 2.75) is 11.5 Å². The Morgan fingerprint density at radius 3 is 2.13 bits per heavy atom. The Labute approximate surface area is 158 Å². The zero-order valence-electron chi connectivity index (χ0n) is 13.6. The van der Waals surface area contributed by atoms with Gasteiger partial charge < -0.3 is 6.16 Å². The Balaban J connectivity index is 0.00000144. The van der Waals surface area contributed by atoms with Crippen LogP contribution in [0.15, 0.2) is 71.6 Å². The van der Waals surface area contributed by atoms with Crippen molar-refractivity contribution >= 4 is 20.9 Å². The van der Waals surface area contributed by atoms with Gasteiger partial charge in [0.25, 0.3) is 10.1 Å². The second-order valence-corrected chi connectivity index (χ2v) is 6.25. The molecule has 0 bridgehead atoms. The standard InChI is InChI=1S/C17H14O4S.Na.H/c18-22(19,20)17-11-10-16(14-8-4-5-9-15(14)17)21-12-13-6-2-1-3-7-13;;/h1-11H,12H2,(H,18,19,20);;/q;+1;-1. The van der Waals surface area contributed by atoms with Gasteiger partial charge in [-0.15, -0.1) is 0 Å². The first-order valence-corrected chi connectivity index (χ1v) is 8.16. The number of fused-ring (bicyclic) bond motifs is 1. The molecule has 0 aliphatic carbocycles. The Morgan fingerprint density at radius 2 is 1.48 bits per heavy atom. The molecule has 0 saturated carbocycles. The molecule has 1 N–H and O–H groups in total. The number of benzene rings is 3. The van der Waals surface area contributed by atoms with E-state index in [1.54, 1.807) is 30.3 Å². The van der Waals surface area contributed by atoms with Crippen LogP contribution < -0.4 is 34.3 Å². The Bertz CT molecular complexity index is 914. The third-order valence-corrected chi connectivity index (χ3v) is 4.27. The van der Waals surface area contributed by atoms with Gasteiger partial charge in [-0.3, -0.25) is 4.55 Å². The van der Waals surface area contributed by atoms with Crippen LogP contribution in [0.25, 0.3) is 10.8 Å². The van der Waals surface area contributed by atoms with E-state index in [2.05, 4.69) is 0 Å². The van der Waals surface area contributed by atoms with Gasteiger partial charge in [-0.25, -0.2) is 0 Å². The fraction of sp³-hybridized carbons (Fsp3) is 0.0588. The average Bonchev–Trinajstić information content (AvgIpc) is 2.52. The molecule has 0 atom stereocenters. The molecule has 114 valence electrons. The van der Waals surface area contributed by atoms with Gasteiger partial charge >= 0.3 is 29.6 Å². The Morgan fingerprint density at radius 1 is 0.870 bits per heavy atom. The summed E-state index contributed by atoms with van der Waals surface area (Å²) in [5, 5.41) is 1.09. The molecule has 4 nitrogen and oxygen atoms in total. The maximum Gasteiger partial charge on any atom is 1.00 e. The zero-order chi connectivity index (χ0) is 15.6. The van der Waals surface area contributed by atoms with E-state index in [1.165, 1.54) is 6.07 Å². The maximum absolute atomic E-state index is 11.5. The summed E-state index contributed by atoms with van der Waals surface area (Å²) in [6.07, 6.45) is 0. The van der Waals surface area contributed by atoms with Gasteiger partial charge in [0.05, 0.1) is 0 Å². The molecule has 3 rings (SSSR count). The molecule has 0 saturated heterocycles. The molecule has 0 spiro atoms. The molecule has 3 aromatic rings. The van der Waals surface area contributed by atoms with Crippen molar-refractivity contribution in [3.05, 3.63) is 72.3 Å². The predicted octanol–water partition coefficient (Wildman–Crippen LogP) is 0.782. The zero-order valence-corrected chi connectivity index (χ0v) is 15.5. The molecule has 0 aliphatic rings. The van der Waals surface area contributed by atoms with Gasteiger partial charge in [0.1, 0.15) is 17.3 Å². The van der Waals surface area contributed by atoms with Crippen LogP contribution in [0.4, 0.5) is 0 Å². The summed E-state index contributed by atoms with van der Waals surface area (Å²) < 4.78 is 38.0. The van der Waals surface area contributed by atoms with Gasteiger partial charge in [-0.05, 0) is 17.7 Å². The van der Waals surface area contributed by atoms with Crippen LogP contribution in [-0.2, 0) is 16.7 Å². The molecule has 0 aromatic heterocycles. The number of ether oxygens (including phenoxy) is 1. The molecule has 0 unspecified atom stereocenters. The first-order valence-electron chi connectivity index (χ1n) is 6.72. The van der Waals surface area contributed by atoms with Crippen LogP contribution in [0.5, 0.6) is 5.75 Å². The fourth-order valence-electron chi connectivity index (χ4n) is 2.33. The summed E-state index contributed by atoms with van der Waals surface area (Å²) in [6.45, 7) is 0.385. The van der Waals surface area contributed by atoms with Gasteiger partial charge in [0.15, 0.2) is 0 Å². The first kappa shape index (κ1) is 18.0. The smallest absolute Gasteiger partial charge is 1.00 e. The fourth-order valence-corrected chi connectivity index (χ4v) is 3.03. The second-order valence-electron chi connectivity index (χ2n) is 4.86. The van der Waals surface area contributed by atoms with Gasteiger partial charge in [-0.1, -0.05) is 54.6 Å². The minimum Gasteiger partial charge on any atom is -1.00 e. The molecular weight excluding hydrogens is 323 g/mol. The van der Waals surface area contributed by atoms with Crippen molar-refractivity contribution in [1.82, 2.24) is 0 Å². The molecule has 0 aliphatic heterocycles. The molecule has 0 fully saturated rings. The SMILES string of the molecule is O=S(=O)(O)c1ccc(OCc2ccccc2)c2ccccc12.[H-].[Na+]. The quantitative estimate of drug-likeness (QED) is 0.564. The molecule has 6 heteroatoms. The van der Waals surface area contributed by atoms with Crippen molar-refractivity contribution in [2.75, 3.05) is 0 Å². The summed E-state index contributed by atoms with van der Waals surface area (Å²) in [5.74, 6) is 0.576. The van der Waals surface area contributed by atoms with Crippen molar-refractivity contribution in [2.24, 2.45) is 0 Å². The van der Waals surface area contributed by atoms with Crippen LogP contribution in [-0.4, -0.2) is 13.0 Å². The van der Waals surface area contributed by atoms with Crippen LogP contribution in [0.2, 0.25) is 0 Å². The van der Waals surface area contributed by atoms with E-state index < -0.39 is 10.1 Å². The van der Waals surface area contributed by atoms with E-state index in [1.807, 2.05) is 30.3 Å². The van der Waals surface area contributed by atoms with E-state index in [9.17, 15) is 13.0 Å². The monoisotopic (exact) mass is 338 g/mol. The summed E-state index contributed by atoms with van der Waals surface area (Å²) in [4.78, 5) is -0.116. The second kappa shape index (κ2) is 7.47. The Hall–Kier alpha value is -1.37. The molecule has 0 amide bonds. The summed E-state index contributed by atoms with van der Waals surface area (Å²) in [7, 11) is -4.27. The summed E-state index contributed by atoms with van der Waals surface area (Å²) in [5.41, 5.74) is 1.02. The molecule has 0 heterocycles. The van der Waals surface area contributed by atoms with Gasteiger partial charge in [0.2, 0.25) is 0 Å². The van der Waals surface area contributed by atoms with Gasteiger partial charge in [-0.2, -0.15) is 8.42 Å². The van der Waals surface area contributed by atoms with Crippen molar-refractivity contribution < 1.29 is 48.7 Å². The third kappa shape index (κ3) is 4.13. The summed E-state index contributed by atoms with van der Waals surface area (Å²) in [6, 6.07) is 19.5. The van der Waals surface area contributed by atoms with E-state index in [-0.39, 0.29) is 35.9 Å². The van der Waals surface area contributed by atoms with Crippen LogP contribution in [0.3, 0.4) is 0 Å². The maximum atomic E-state index is 11.5. The normalized spacial score (nSPS) is 11.0. The topological polar surface area (TPSA) is 63.6 Å². The average molecular weight is 338 g/mol. The third-order valence-electron chi connectivity index (χ3n) is 3.36. The van der Waals surface area contributed by atoms with Crippen LogP contribution in [0.1, 0.15) is 6.99 Å². The molecular formula is C17H15NaO4S. The number of hydrogen-bond donors (Lipinski definition) is 1. The van der Waals surface area contributed by atoms with Crippen LogP contribution in [0, 0.1) is 0 Å². The number of rotatable bonds is 4. The van der Waals surface area contributed by atoms with Gasteiger partial charge in [0, 0.05) is 10.8 Å². The Kier molecular flexibility index (Phi) is 5.84. The molecule has 3 aromatic carbocycles. The van der Waals surface area contributed by atoms with Crippen molar-refractivity contribution in [3.63, 3.8) is 0 Å². The van der Waals surface area contributed by atoms with Crippen molar-refractivity contribution in [1.29, 1.82) is 0 Å². The number of hydrogen-bond acceptors (Lipinski definition) is 3. The predicted molar refractivity (Wildman–Crippen MR) is 85.6 cm³/mol. The first-order chi connectivity index (χ1) is 10.6. The van der Waals surface area contributed by atoms with E-state index >= 15 is 0 Å². The molecule has 0 radical (unpaired) electrons. The van der Waals surface area contributed by atoms with E-state index in [0.717, 1.165) is 5.56 Å². The summed E-state index contributed by atoms with van der Waals surface area (Å²) >= 11 is 0. The van der Waals surface area contributed by atoms with Crippen LogP contribution >= 0.6 is 0 Å². The van der Waals surface area contributed by atoms with E-state index in [4.69, 9.17) is 4.74 Å². The largest absolute Gasteiger partial charge is 1.00 e. The minimum atomic E-state index is -4.27. The minimum absolute atomic E-state index is 0. The van der Waals surface area contributed by atoms with Crippen molar-refractivity contribution in [3.8, 4) is 5.75 Å².